The summed E-state index contributed by atoms with van der Waals surface area (Å²) < 4.78 is 33.5. The third-order valence-electron chi connectivity index (χ3n) is 3.93. The molecule has 1 aromatic rings. The van der Waals surface area contributed by atoms with Gasteiger partial charge in [0.15, 0.2) is 6.29 Å². The van der Waals surface area contributed by atoms with Gasteiger partial charge in [-0.15, -0.1) is 0 Å². The van der Waals surface area contributed by atoms with Crippen LogP contribution in [0.4, 0.5) is 0 Å². The smallest absolute Gasteiger partial charge is 0.332 e. The number of hydrogen-bond acceptors (Lipinski definition) is 8. The summed E-state index contributed by atoms with van der Waals surface area (Å²) in [5.41, 5.74) is -0.303. The molecule has 0 bridgehead atoms. The highest BCUT2D eigenvalue weighted by atomic mass is 16.7. The number of rotatable bonds is 9. The summed E-state index contributed by atoms with van der Waals surface area (Å²) >= 11 is 0. The van der Waals surface area contributed by atoms with Crippen LogP contribution in [0.1, 0.15) is 53.4 Å². The number of carbonyl (C=O) groups excluding carboxylic acids is 2. The van der Waals surface area contributed by atoms with Crippen molar-refractivity contribution in [3.8, 4) is 0 Å². The van der Waals surface area contributed by atoms with E-state index in [1.807, 2.05) is 30.3 Å². The third-order valence-corrected chi connectivity index (χ3v) is 3.93. The van der Waals surface area contributed by atoms with Gasteiger partial charge in [0, 0.05) is 5.56 Å². The summed E-state index contributed by atoms with van der Waals surface area (Å²) in [7, 11) is 0. The first kappa shape index (κ1) is 25.3. The van der Waals surface area contributed by atoms with Crippen molar-refractivity contribution in [1.82, 2.24) is 0 Å². The average Bonchev–Trinajstić information content (AvgIpc) is 3.02. The molecule has 0 amide bonds. The molecule has 31 heavy (non-hydrogen) atoms. The first-order valence-corrected chi connectivity index (χ1v) is 10.4. The number of benzene rings is 1. The molecular formula is C23H34O8. The molecule has 1 aliphatic heterocycles. The fourth-order valence-electron chi connectivity index (χ4n) is 2.84. The minimum absolute atomic E-state index is 0.114. The molecule has 1 saturated heterocycles. The molecule has 174 valence electrons. The number of esters is 2. The lowest BCUT2D eigenvalue weighted by atomic mass is 10.2. The number of carbonyl (C=O) groups is 2. The molecule has 8 nitrogen and oxygen atoms in total. The second kappa shape index (κ2) is 11.0. The Morgan fingerprint density at radius 1 is 0.774 bits per heavy atom. The predicted octanol–water partition coefficient (Wildman–Crippen LogP) is 3.19. The maximum Gasteiger partial charge on any atom is 0.332 e. The van der Waals surface area contributed by atoms with Gasteiger partial charge < -0.3 is 28.4 Å². The molecule has 2 rings (SSSR count). The van der Waals surface area contributed by atoms with E-state index < -0.39 is 41.6 Å². The van der Waals surface area contributed by atoms with Crippen LogP contribution in [0.25, 0.3) is 0 Å². The highest BCUT2D eigenvalue weighted by Gasteiger charge is 2.37. The van der Waals surface area contributed by atoms with E-state index in [0.29, 0.717) is 0 Å². The molecule has 0 aliphatic carbocycles. The average molecular weight is 439 g/mol. The normalized spacial score (nSPS) is 19.9. The SMILES string of the molecule is CC(C)(C)OC(=O)COC[C@@H]1OC(c2ccccc2)O[C@H]1COCC(=O)OC(C)(C)C. The van der Waals surface area contributed by atoms with Crippen LogP contribution in [0.3, 0.4) is 0 Å². The van der Waals surface area contributed by atoms with Crippen LogP contribution in [0, 0.1) is 0 Å². The van der Waals surface area contributed by atoms with Crippen LogP contribution in [0.15, 0.2) is 30.3 Å². The summed E-state index contributed by atoms with van der Waals surface area (Å²) in [5, 5.41) is 0. The molecule has 1 aliphatic rings. The van der Waals surface area contributed by atoms with Crippen LogP contribution in [-0.2, 0) is 38.0 Å². The first-order chi connectivity index (χ1) is 14.4. The Hall–Kier alpha value is -2.00. The van der Waals surface area contributed by atoms with E-state index in [4.69, 9.17) is 28.4 Å². The summed E-state index contributed by atoms with van der Waals surface area (Å²) in [6.07, 6.45) is -1.55. The van der Waals surface area contributed by atoms with E-state index >= 15 is 0 Å². The molecular weight excluding hydrogens is 404 g/mol. The zero-order chi connectivity index (χ0) is 23.1. The Bertz CT molecular complexity index is 663. The van der Waals surface area contributed by atoms with Crippen molar-refractivity contribution in [2.24, 2.45) is 0 Å². The van der Waals surface area contributed by atoms with Gasteiger partial charge in [-0.25, -0.2) is 9.59 Å². The quantitative estimate of drug-likeness (QED) is 0.543. The largest absolute Gasteiger partial charge is 0.458 e. The molecule has 0 aromatic heterocycles. The zero-order valence-electron chi connectivity index (χ0n) is 19.2. The van der Waals surface area contributed by atoms with Gasteiger partial charge in [0.2, 0.25) is 0 Å². The fraction of sp³-hybridized carbons (Fsp3) is 0.652. The minimum atomic E-state index is -0.591. The predicted molar refractivity (Wildman–Crippen MR) is 112 cm³/mol. The second-order valence-electron chi connectivity index (χ2n) is 9.29. The maximum absolute atomic E-state index is 11.9. The molecule has 0 unspecified atom stereocenters. The standard InChI is InChI=1S/C23H34O8/c1-22(2,3)30-19(24)14-26-12-17-18(13-27-15-20(25)31-23(4,5)6)29-21(28-17)16-10-8-7-9-11-16/h7-11,17-18,21H,12-15H2,1-6H3/t17-,18-/m0/s1. The van der Waals surface area contributed by atoms with Gasteiger partial charge in [0.25, 0.3) is 0 Å². The van der Waals surface area contributed by atoms with Crippen LogP contribution in [0.5, 0.6) is 0 Å². The van der Waals surface area contributed by atoms with Gasteiger partial charge in [-0.3, -0.25) is 0 Å². The van der Waals surface area contributed by atoms with Crippen LogP contribution >= 0.6 is 0 Å². The molecule has 0 N–H and O–H groups in total. The molecule has 1 aromatic carbocycles. The van der Waals surface area contributed by atoms with E-state index in [-0.39, 0.29) is 26.4 Å². The van der Waals surface area contributed by atoms with Gasteiger partial charge in [0.1, 0.15) is 36.6 Å². The van der Waals surface area contributed by atoms with Crippen molar-refractivity contribution in [1.29, 1.82) is 0 Å². The monoisotopic (exact) mass is 438 g/mol. The van der Waals surface area contributed by atoms with Crippen molar-refractivity contribution in [3.05, 3.63) is 35.9 Å². The van der Waals surface area contributed by atoms with E-state index in [2.05, 4.69) is 0 Å². The third kappa shape index (κ3) is 9.78. The molecule has 1 heterocycles. The summed E-state index contributed by atoms with van der Waals surface area (Å²) in [4.78, 5) is 23.7. The van der Waals surface area contributed by atoms with E-state index in [1.165, 1.54) is 0 Å². The van der Waals surface area contributed by atoms with Crippen molar-refractivity contribution in [2.45, 2.75) is 71.2 Å². The molecule has 0 radical (unpaired) electrons. The Balaban J connectivity index is 1.89. The van der Waals surface area contributed by atoms with Crippen LogP contribution in [0.2, 0.25) is 0 Å². The fourth-order valence-corrected chi connectivity index (χ4v) is 2.84. The molecule has 8 heteroatoms. The highest BCUT2D eigenvalue weighted by Crippen LogP contribution is 2.31. The van der Waals surface area contributed by atoms with Gasteiger partial charge >= 0.3 is 11.9 Å². The Kier molecular flexibility index (Phi) is 9.00. The van der Waals surface area contributed by atoms with Gasteiger partial charge in [0.05, 0.1) is 13.2 Å². The minimum Gasteiger partial charge on any atom is -0.458 e. The first-order valence-electron chi connectivity index (χ1n) is 10.4. The van der Waals surface area contributed by atoms with Crippen molar-refractivity contribution in [2.75, 3.05) is 26.4 Å². The lowest BCUT2D eigenvalue weighted by molar-refractivity contribution is -0.163. The van der Waals surface area contributed by atoms with E-state index in [9.17, 15) is 9.59 Å². The summed E-state index contributed by atoms with van der Waals surface area (Å²) in [5.74, 6) is -0.910. The van der Waals surface area contributed by atoms with Gasteiger partial charge in [-0.2, -0.15) is 0 Å². The number of hydrogen-bond donors (Lipinski definition) is 0. The van der Waals surface area contributed by atoms with Crippen molar-refractivity contribution >= 4 is 11.9 Å². The topological polar surface area (TPSA) is 89.5 Å². The van der Waals surface area contributed by atoms with Crippen LogP contribution in [-0.4, -0.2) is 61.8 Å². The number of ether oxygens (including phenoxy) is 6. The maximum atomic E-state index is 11.9. The Morgan fingerprint density at radius 2 is 1.19 bits per heavy atom. The van der Waals surface area contributed by atoms with Crippen molar-refractivity contribution in [3.63, 3.8) is 0 Å². The van der Waals surface area contributed by atoms with Crippen LogP contribution < -0.4 is 0 Å². The van der Waals surface area contributed by atoms with Gasteiger partial charge in [-0.05, 0) is 41.5 Å². The van der Waals surface area contributed by atoms with E-state index in [0.717, 1.165) is 5.56 Å². The second-order valence-corrected chi connectivity index (χ2v) is 9.29. The lowest BCUT2D eigenvalue weighted by Gasteiger charge is -2.21. The molecule has 0 saturated carbocycles. The Labute approximate surface area is 184 Å². The zero-order valence-corrected chi connectivity index (χ0v) is 19.2. The highest BCUT2D eigenvalue weighted by molar-refractivity contribution is 5.71. The lowest BCUT2D eigenvalue weighted by Crippen LogP contribution is -2.34. The molecule has 2 atom stereocenters. The molecule has 0 spiro atoms. The van der Waals surface area contributed by atoms with E-state index in [1.54, 1.807) is 41.5 Å². The van der Waals surface area contributed by atoms with Crippen molar-refractivity contribution < 1.29 is 38.0 Å². The summed E-state index contributed by atoms with van der Waals surface area (Å²) in [6, 6.07) is 9.48. The Morgan fingerprint density at radius 3 is 1.58 bits per heavy atom. The summed E-state index contributed by atoms with van der Waals surface area (Å²) in [6.45, 7) is 10.6. The molecule has 1 fully saturated rings. The van der Waals surface area contributed by atoms with Gasteiger partial charge in [-0.1, -0.05) is 30.3 Å².